The largest absolute Gasteiger partial charge is 0.0683 e. The fourth-order valence-corrected chi connectivity index (χ4v) is 6.26. The topological polar surface area (TPSA) is 0 Å². The molecule has 2 aliphatic rings. The maximum Gasteiger partial charge on any atom is -0.0290 e. The molecule has 138 valence electrons. The van der Waals surface area contributed by atoms with Crippen molar-refractivity contribution in [3.8, 4) is 0 Å². The van der Waals surface area contributed by atoms with Crippen LogP contribution in [0.4, 0.5) is 0 Å². The number of hydrogen-bond acceptors (Lipinski definition) is 0. The van der Waals surface area contributed by atoms with Crippen LogP contribution in [0.15, 0.2) is 0 Å². The number of hydrogen-bond donors (Lipinski definition) is 0. The van der Waals surface area contributed by atoms with E-state index in [1.807, 2.05) is 13.8 Å². The minimum atomic E-state index is 0.500. The molecule has 0 nitrogen and oxygen atoms in total. The van der Waals surface area contributed by atoms with Crippen molar-refractivity contribution in [2.24, 2.45) is 28.1 Å². The molecule has 0 heteroatoms. The summed E-state index contributed by atoms with van der Waals surface area (Å²) in [6.45, 7) is 19.3. The third-order valence-electron chi connectivity index (χ3n) is 6.56. The van der Waals surface area contributed by atoms with Crippen molar-refractivity contribution in [1.29, 1.82) is 0 Å². The van der Waals surface area contributed by atoms with E-state index in [0.29, 0.717) is 16.2 Å². The first kappa shape index (κ1) is 21.0. The molecule has 0 aliphatic heterocycles. The highest BCUT2D eigenvalue weighted by Crippen LogP contribution is 2.54. The van der Waals surface area contributed by atoms with Crippen LogP contribution in [0.1, 0.15) is 120 Å². The van der Waals surface area contributed by atoms with Crippen molar-refractivity contribution in [1.82, 2.24) is 0 Å². The molecule has 0 aromatic carbocycles. The Kier molecular flexibility index (Phi) is 7.68. The highest BCUT2D eigenvalue weighted by atomic mass is 14.5. The molecule has 2 atom stereocenters. The van der Waals surface area contributed by atoms with E-state index in [4.69, 9.17) is 0 Å². The van der Waals surface area contributed by atoms with Crippen LogP contribution in [0, 0.1) is 28.1 Å². The standard InChI is InChI=1S/C21H40.C2H6/c1-17-12-13-19(2,3)15-20(4,5)16-21(6,14-17)18-10-8-7-9-11-18;1-2/h17-18H,7-16H2,1-6H3;1-2H3. The Morgan fingerprint density at radius 1 is 0.696 bits per heavy atom. The van der Waals surface area contributed by atoms with Gasteiger partial charge in [-0.25, -0.2) is 0 Å². The Hall–Kier alpha value is 0. The molecule has 0 aromatic heterocycles. The summed E-state index contributed by atoms with van der Waals surface area (Å²) in [7, 11) is 0. The van der Waals surface area contributed by atoms with E-state index < -0.39 is 0 Å². The van der Waals surface area contributed by atoms with Gasteiger partial charge < -0.3 is 0 Å². The van der Waals surface area contributed by atoms with Gasteiger partial charge in [0, 0.05) is 0 Å². The minimum absolute atomic E-state index is 0.500. The van der Waals surface area contributed by atoms with Gasteiger partial charge in [0.25, 0.3) is 0 Å². The zero-order chi connectivity index (χ0) is 17.7. The van der Waals surface area contributed by atoms with Gasteiger partial charge in [0.2, 0.25) is 0 Å². The van der Waals surface area contributed by atoms with Crippen LogP contribution < -0.4 is 0 Å². The molecule has 0 bridgehead atoms. The fourth-order valence-electron chi connectivity index (χ4n) is 6.26. The number of rotatable bonds is 1. The predicted octanol–water partition coefficient (Wildman–Crippen LogP) is 8.25. The summed E-state index contributed by atoms with van der Waals surface area (Å²) in [6, 6.07) is 0. The quantitative estimate of drug-likeness (QED) is 0.456. The van der Waals surface area contributed by atoms with Gasteiger partial charge in [0.1, 0.15) is 0 Å². The Balaban J connectivity index is 0.00000127. The normalized spacial score (nSPS) is 35.2. The van der Waals surface area contributed by atoms with Gasteiger partial charge >= 0.3 is 0 Å². The maximum absolute atomic E-state index is 2.65. The summed E-state index contributed by atoms with van der Waals surface area (Å²) in [5.74, 6) is 1.90. The summed E-state index contributed by atoms with van der Waals surface area (Å²) in [5, 5.41) is 0. The van der Waals surface area contributed by atoms with Crippen LogP contribution in [-0.2, 0) is 0 Å². The molecule has 23 heavy (non-hydrogen) atoms. The van der Waals surface area contributed by atoms with E-state index in [-0.39, 0.29) is 0 Å². The molecule has 2 unspecified atom stereocenters. The Morgan fingerprint density at radius 3 is 1.83 bits per heavy atom. The highest BCUT2D eigenvalue weighted by Gasteiger charge is 2.42. The lowest BCUT2D eigenvalue weighted by molar-refractivity contribution is 0.0429. The van der Waals surface area contributed by atoms with Gasteiger partial charge in [-0.15, -0.1) is 0 Å². The van der Waals surface area contributed by atoms with Crippen molar-refractivity contribution in [2.75, 3.05) is 0 Å². The molecule has 2 aliphatic carbocycles. The minimum Gasteiger partial charge on any atom is -0.0683 e. The highest BCUT2D eigenvalue weighted by molar-refractivity contribution is 4.93. The van der Waals surface area contributed by atoms with E-state index in [2.05, 4.69) is 41.5 Å². The predicted molar refractivity (Wildman–Crippen MR) is 106 cm³/mol. The molecule has 2 saturated carbocycles. The lowest BCUT2D eigenvalue weighted by atomic mass is 9.59. The molecular weight excluding hydrogens is 276 g/mol. The summed E-state index contributed by atoms with van der Waals surface area (Å²) >= 11 is 0. The lowest BCUT2D eigenvalue weighted by Crippen LogP contribution is -2.36. The Labute approximate surface area is 148 Å². The molecule has 2 rings (SSSR count). The van der Waals surface area contributed by atoms with Gasteiger partial charge in [0.05, 0.1) is 0 Å². The molecule has 0 heterocycles. The lowest BCUT2D eigenvalue weighted by Gasteiger charge is -2.46. The SMILES string of the molecule is CC.CC1CCC(C)(C)CC(C)(C)CC(C)(C2CCCCC2)C1. The van der Waals surface area contributed by atoms with Crippen LogP contribution in [0.3, 0.4) is 0 Å². The Morgan fingerprint density at radius 2 is 1.26 bits per heavy atom. The third kappa shape index (κ3) is 6.43. The molecule has 0 N–H and O–H groups in total. The Bertz CT molecular complexity index is 332. The van der Waals surface area contributed by atoms with Gasteiger partial charge in [-0.05, 0) is 66.6 Å². The van der Waals surface area contributed by atoms with E-state index in [0.717, 1.165) is 11.8 Å². The molecule has 0 radical (unpaired) electrons. The second-order valence-electron chi connectivity index (χ2n) is 10.5. The van der Waals surface area contributed by atoms with Gasteiger partial charge in [-0.1, -0.05) is 81.1 Å². The van der Waals surface area contributed by atoms with E-state index >= 15 is 0 Å². The van der Waals surface area contributed by atoms with Gasteiger partial charge in [-0.3, -0.25) is 0 Å². The van der Waals surface area contributed by atoms with E-state index in [1.54, 1.807) is 0 Å². The van der Waals surface area contributed by atoms with Crippen LogP contribution in [-0.4, -0.2) is 0 Å². The molecule has 0 aromatic rings. The van der Waals surface area contributed by atoms with Gasteiger partial charge in [0.15, 0.2) is 0 Å². The van der Waals surface area contributed by atoms with Gasteiger partial charge in [-0.2, -0.15) is 0 Å². The van der Waals surface area contributed by atoms with Crippen LogP contribution >= 0.6 is 0 Å². The smallest absolute Gasteiger partial charge is 0.0290 e. The van der Waals surface area contributed by atoms with E-state index in [9.17, 15) is 0 Å². The summed E-state index contributed by atoms with van der Waals surface area (Å²) in [6.07, 6.45) is 14.6. The molecular formula is C23H46. The van der Waals surface area contributed by atoms with Crippen molar-refractivity contribution < 1.29 is 0 Å². The maximum atomic E-state index is 2.65. The zero-order valence-corrected chi connectivity index (χ0v) is 17.7. The fraction of sp³-hybridized carbons (Fsp3) is 1.00. The first-order chi connectivity index (χ1) is 10.6. The van der Waals surface area contributed by atoms with E-state index in [1.165, 1.54) is 64.2 Å². The second-order valence-corrected chi connectivity index (χ2v) is 10.5. The zero-order valence-electron chi connectivity index (χ0n) is 17.7. The van der Waals surface area contributed by atoms with Crippen LogP contribution in [0.2, 0.25) is 0 Å². The second kappa shape index (κ2) is 8.39. The average molecular weight is 323 g/mol. The van der Waals surface area contributed by atoms with Crippen molar-refractivity contribution in [3.05, 3.63) is 0 Å². The van der Waals surface area contributed by atoms with Crippen molar-refractivity contribution >= 4 is 0 Å². The summed E-state index contributed by atoms with van der Waals surface area (Å²) in [4.78, 5) is 0. The molecule has 0 spiro atoms. The average Bonchev–Trinajstić information content (AvgIpc) is 2.49. The summed E-state index contributed by atoms with van der Waals surface area (Å²) in [5.41, 5.74) is 1.61. The summed E-state index contributed by atoms with van der Waals surface area (Å²) < 4.78 is 0. The molecule has 0 amide bonds. The molecule has 2 fully saturated rings. The first-order valence-electron chi connectivity index (χ1n) is 10.6. The monoisotopic (exact) mass is 322 g/mol. The molecule has 0 saturated heterocycles. The van der Waals surface area contributed by atoms with Crippen molar-refractivity contribution in [3.63, 3.8) is 0 Å². The van der Waals surface area contributed by atoms with Crippen LogP contribution in [0.5, 0.6) is 0 Å². The van der Waals surface area contributed by atoms with Crippen LogP contribution in [0.25, 0.3) is 0 Å². The first-order valence-corrected chi connectivity index (χ1v) is 10.6. The third-order valence-corrected chi connectivity index (χ3v) is 6.56. The van der Waals surface area contributed by atoms with Crippen molar-refractivity contribution in [2.45, 2.75) is 120 Å².